The van der Waals surface area contributed by atoms with Gasteiger partial charge < -0.3 is 21.7 Å². The summed E-state index contributed by atoms with van der Waals surface area (Å²) >= 11 is 3.12. The summed E-state index contributed by atoms with van der Waals surface area (Å²) in [6, 6.07) is 9.82. The summed E-state index contributed by atoms with van der Waals surface area (Å²) in [5.41, 5.74) is 15.6. The highest BCUT2D eigenvalue weighted by Gasteiger charge is 2.21. The zero-order valence-corrected chi connectivity index (χ0v) is 19.6. The molecule has 0 radical (unpaired) electrons. The molecule has 1 atom stereocenters. The van der Waals surface area contributed by atoms with Gasteiger partial charge in [-0.1, -0.05) is 6.07 Å². The number of nitrogen functional groups attached to an aromatic ring is 1. The number of hydrogen-bond donors (Lipinski definition) is 3. The first-order chi connectivity index (χ1) is 16.0. The summed E-state index contributed by atoms with van der Waals surface area (Å²) < 4.78 is 1.88. The molecular formula is C23H25N7OS2. The minimum absolute atomic E-state index is 0.127. The number of piperidine rings is 1. The van der Waals surface area contributed by atoms with Crippen LogP contribution in [0.15, 0.2) is 53.5 Å². The zero-order chi connectivity index (χ0) is 22.8. The molecule has 3 aromatic heterocycles. The van der Waals surface area contributed by atoms with Gasteiger partial charge in [0.1, 0.15) is 10.7 Å². The van der Waals surface area contributed by atoms with E-state index in [0.717, 1.165) is 48.7 Å². The summed E-state index contributed by atoms with van der Waals surface area (Å²) in [4.78, 5) is 21.0. The topological polar surface area (TPSA) is 115 Å². The van der Waals surface area contributed by atoms with E-state index in [4.69, 9.17) is 11.5 Å². The Kier molecular flexibility index (Phi) is 6.12. The van der Waals surface area contributed by atoms with Gasteiger partial charge >= 0.3 is 0 Å². The average Bonchev–Trinajstić information content (AvgIpc) is 3.56. The number of amides is 1. The molecule has 1 aromatic carbocycles. The zero-order valence-electron chi connectivity index (χ0n) is 18.0. The highest BCUT2D eigenvalue weighted by atomic mass is 32.1. The van der Waals surface area contributed by atoms with E-state index in [1.165, 1.54) is 16.2 Å². The molecule has 4 aromatic rings. The van der Waals surface area contributed by atoms with Crippen molar-refractivity contribution in [2.75, 3.05) is 29.0 Å². The number of hydrogen-bond acceptors (Lipinski definition) is 8. The number of thiophene rings is 1. The lowest BCUT2D eigenvalue weighted by Gasteiger charge is -2.34. The van der Waals surface area contributed by atoms with Crippen molar-refractivity contribution in [2.45, 2.75) is 25.4 Å². The Morgan fingerprint density at radius 2 is 2.18 bits per heavy atom. The number of rotatable bonds is 6. The smallest absolute Gasteiger partial charge is 0.275 e. The Bertz CT molecular complexity index is 1250. The molecule has 1 aliphatic heterocycles. The number of nitrogens with zero attached hydrogens (tertiary/aromatic N) is 4. The molecule has 1 aliphatic rings. The van der Waals surface area contributed by atoms with Crippen LogP contribution in [-0.2, 0) is 6.54 Å². The van der Waals surface area contributed by atoms with Crippen LogP contribution in [0.3, 0.4) is 0 Å². The molecule has 1 amide bonds. The average molecular weight is 480 g/mol. The minimum Gasteiger partial charge on any atom is -0.399 e. The lowest BCUT2D eigenvalue weighted by Crippen LogP contribution is -2.43. The molecule has 4 heterocycles. The van der Waals surface area contributed by atoms with Gasteiger partial charge in [-0.2, -0.15) is 5.10 Å². The number of nitrogens with two attached hydrogens (primary N) is 2. The van der Waals surface area contributed by atoms with Crippen molar-refractivity contribution in [1.82, 2.24) is 14.8 Å². The van der Waals surface area contributed by atoms with Crippen molar-refractivity contribution < 1.29 is 4.79 Å². The molecule has 1 saturated heterocycles. The fourth-order valence-electron chi connectivity index (χ4n) is 3.98. The Balaban J connectivity index is 1.32. The largest absolute Gasteiger partial charge is 0.399 e. The minimum atomic E-state index is -0.267. The fourth-order valence-corrected chi connectivity index (χ4v) is 5.45. The Morgan fingerprint density at radius 1 is 1.27 bits per heavy atom. The third-order valence-electron chi connectivity index (χ3n) is 5.58. The number of carbonyl (C=O) groups excluding carboxylic acids is 1. The van der Waals surface area contributed by atoms with Crippen LogP contribution >= 0.6 is 22.7 Å². The van der Waals surface area contributed by atoms with E-state index >= 15 is 0 Å². The van der Waals surface area contributed by atoms with E-state index < -0.39 is 0 Å². The predicted octanol–water partition coefficient (Wildman–Crippen LogP) is 3.88. The molecule has 5 rings (SSSR count). The van der Waals surface area contributed by atoms with Crippen molar-refractivity contribution in [3.8, 4) is 10.6 Å². The number of anilines is 3. The van der Waals surface area contributed by atoms with Crippen molar-refractivity contribution in [2.24, 2.45) is 5.73 Å². The highest BCUT2D eigenvalue weighted by molar-refractivity contribution is 7.13. The molecule has 10 heteroatoms. The molecular weight excluding hydrogens is 454 g/mol. The number of thiazole rings is 1. The third-order valence-corrected chi connectivity index (χ3v) is 7.33. The van der Waals surface area contributed by atoms with Crippen molar-refractivity contribution >= 4 is 45.6 Å². The van der Waals surface area contributed by atoms with Gasteiger partial charge in [0.05, 0.1) is 24.1 Å². The number of benzene rings is 1. The van der Waals surface area contributed by atoms with Crippen LogP contribution in [0.4, 0.5) is 17.1 Å². The van der Waals surface area contributed by atoms with Crippen molar-refractivity contribution in [3.05, 3.63) is 64.1 Å². The standard InChI is InChI=1S/C23H25N7OS2/c24-16-5-6-21(29-7-1-3-17(25)12-29)19(9-16)27-22(31)20-14-33-23(28-20)15-10-26-30(11-15)13-18-4-2-8-32-18/h2,4-6,8-11,14,17H,1,3,7,12-13,24-25H2,(H,27,31)/t17-/m1/s1. The highest BCUT2D eigenvalue weighted by Crippen LogP contribution is 2.31. The first kappa shape index (κ1) is 21.6. The van der Waals surface area contributed by atoms with Crippen LogP contribution in [0, 0.1) is 0 Å². The summed E-state index contributed by atoms with van der Waals surface area (Å²) in [7, 11) is 0. The van der Waals surface area contributed by atoms with E-state index in [-0.39, 0.29) is 11.9 Å². The summed E-state index contributed by atoms with van der Waals surface area (Å²) in [5.74, 6) is -0.267. The maximum absolute atomic E-state index is 13.0. The molecule has 8 nitrogen and oxygen atoms in total. The number of aromatic nitrogens is 3. The second-order valence-corrected chi connectivity index (χ2v) is 10.0. The van der Waals surface area contributed by atoms with Crippen molar-refractivity contribution in [1.29, 1.82) is 0 Å². The molecule has 0 saturated carbocycles. The van der Waals surface area contributed by atoms with Crippen LogP contribution in [0.1, 0.15) is 28.2 Å². The van der Waals surface area contributed by atoms with Crippen LogP contribution < -0.4 is 21.7 Å². The van der Waals surface area contributed by atoms with Crippen LogP contribution in [0.2, 0.25) is 0 Å². The molecule has 0 bridgehead atoms. The number of carbonyl (C=O) groups is 1. The van der Waals surface area contributed by atoms with Gasteiger partial charge in [-0.15, -0.1) is 22.7 Å². The monoisotopic (exact) mass is 479 g/mol. The van der Waals surface area contributed by atoms with E-state index in [2.05, 4.69) is 31.7 Å². The second kappa shape index (κ2) is 9.34. The fraction of sp³-hybridized carbons (Fsp3) is 0.261. The molecule has 170 valence electrons. The van der Waals surface area contributed by atoms with Gasteiger partial charge in [0.2, 0.25) is 0 Å². The van der Waals surface area contributed by atoms with Gasteiger partial charge in [0.25, 0.3) is 5.91 Å². The maximum atomic E-state index is 13.0. The summed E-state index contributed by atoms with van der Waals surface area (Å²) in [5, 5.41) is 12.0. The van der Waals surface area contributed by atoms with Crippen LogP contribution in [0.25, 0.3) is 10.6 Å². The second-order valence-electron chi connectivity index (χ2n) is 8.12. The van der Waals surface area contributed by atoms with E-state index in [1.807, 2.05) is 29.1 Å². The first-order valence-electron chi connectivity index (χ1n) is 10.8. The molecule has 0 spiro atoms. The quantitative estimate of drug-likeness (QED) is 0.362. The van der Waals surface area contributed by atoms with Gasteiger partial charge in [0, 0.05) is 46.8 Å². The normalized spacial score (nSPS) is 16.2. The van der Waals surface area contributed by atoms with Gasteiger partial charge in [-0.05, 0) is 42.5 Å². The molecule has 1 fully saturated rings. The summed E-state index contributed by atoms with van der Waals surface area (Å²) in [6.07, 6.45) is 5.77. The SMILES string of the molecule is Nc1ccc(N2CCC[C@@H](N)C2)c(NC(=O)c2csc(-c3cnn(Cc4cccs4)c3)n2)c1. The van der Waals surface area contributed by atoms with Gasteiger partial charge in [-0.25, -0.2) is 4.98 Å². The molecule has 0 aliphatic carbocycles. The lowest BCUT2D eigenvalue weighted by atomic mass is 10.1. The van der Waals surface area contributed by atoms with Gasteiger partial charge in [-0.3, -0.25) is 9.48 Å². The van der Waals surface area contributed by atoms with E-state index in [9.17, 15) is 4.79 Å². The lowest BCUT2D eigenvalue weighted by molar-refractivity contribution is 0.102. The Hall–Kier alpha value is -3.21. The molecule has 33 heavy (non-hydrogen) atoms. The Morgan fingerprint density at radius 3 is 3.00 bits per heavy atom. The van der Waals surface area contributed by atoms with Gasteiger partial charge in [0.15, 0.2) is 0 Å². The van der Waals surface area contributed by atoms with E-state index in [0.29, 0.717) is 17.1 Å². The predicted molar refractivity (Wildman–Crippen MR) is 135 cm³/mol. The first-order valence-corrected chi connectivity index (χ1v) is 12.5. The number of nitrogens with one attached hydrogen (secondary N) is 1. The molecule has 0 unspecified atom stereocenters. The van der Waals surface area contributed by atoms with Crippen LogP contribution in [-0.4, -0.2) is 39.8 Å². The summed E-state index contributed by atoms with van der Waals surface area (Å²) in [6.45, 7) is 2.37. The Labute approximate surface area is 199 Å². The molecule has 5 N–H and O–H groups in total. The third kappa shape index (κ3) is 4.92. The van der Waals surface area contributed by atoms with E-state index in [1.54, 1.807) is 29.0 Å². The van der Waals surface area contributed by atoms with Crippen LogP contribution in [0.5, 0.6) is 0 Å². The maximum Gasteiger partial charge on any atom is 0.275 e. The van der Waals surface area contributed by atoms with Crippen molar-refractivity contribution in [3.63, 3.8) is 0 Å².